The summed E-state index contributed by atoms with van der Waals surface area (Å²) in [6, 6.07) is 11.9. The van der Waals surface area contributed by atoms with E-state index in [0.717, 1.165) is 48.6 Å². The first-order valence-corrected chi connectivity index (χ1v) is 9.68. The predicted octanol–water partition coefficient (Wildman–Crippen LogP) is 4.51. The topological polar surface area (TPSA) is 58.2 Å². The zero-order chi connectivity index (χ0) is 17.9. The van der Waals surface area contributed by atoms with Crippen LogP contribution in [0.4, 0.5) is 0 Å². The molecule has 3 heterocycles. The second-order valence-electron chi connectivity index (χ2n) is 6.41. The number of ether oxygens (including phenoxy) is 1. The van der Waals surface area contributed by atoms with E-state index in [9.17, 15) is 4.79 Å². The van der Waals surface area contributed by atoms with Gasteiger partial charge in [0.2, 0.25) is 0 Å². The van der Waals surface area contributed by atoms with E-state index in [1.807, 2.05) is 40.7 Å². The Morgan fingerprint density at radius 1 is 1.31 bits per heavy atom. The number of nitrogens with one attached hydrogen (secondary N) is 1. The Morgan fingerprint density at radius 3 is 2.92 bits per heavy atom. The number of nitrogens with zero attached hydrogens (tertiary/aromatic N) is 2. The Hall–Kier alpha value is -2.60. The van der Waals surface area contributed by atoms with Gasteiger partial charge in [-0.05, 0) is 24.8 Å². The van der Waals surface area contributed by atoms with Crippen LogP contribution in [-0.4, -0.2) is 34.4 Å². The number of hydrogen-bond donors (Lipinski definition) is 1. The SMILES string of the molecule is COc1csc(C(=O)N2CCCCC2c2ncc(-c3ccccc3)[nH]2)c1. The average molecular weight is 367 g/mol. The second-order valence-corrected chi connectivity index (χ2v) is 7.32. The van der Waals surface area contributed by atoms with Gasteiger partial charge in [0.1, 0.15) is 11.6 Å². The van der Waals surface area contributed by atoms with E-state index in [4.69, 9.17) is 4.74 Å². The predicted molar refractivity (Wildman–Crippen MR) is 103 cm³/mol. The van der Waals surface area contributed by atoms with Crippen molar-refractivity contribution in [2.24, 2.45) is 0 Å². The molecule has 2 aromatic heterocycles. The minimum absolute atomic E-state index is 0.0122. The molecule has 0 spiro atoms. The molecule has 26 heavy (non-hydrogen) atoms. The van der Waals surface area contributed by atoms with Gasteiger partial charge >= 0.3 is 0 Å². The summed E-state index contributed by atoms with van der Waals surface area (Å²) >= 11 is 1.43. The van der Waals surface area contributed by atoms with Crippen molar-refractivity contribution in [2.75, 3.05) is 13.7 Å². The van der Waals surface area contributed by atoms with Crippen molar-refractivity contribution in [1.29, 1.82) is 0 Å². The zero-order valence-electron chi connectivity index (χ0n) is 14.6. The third kappa shape index (κ3) is 3.24. The van der Waals surface area contributed by atoms with Gasteiger partial charge in [-0.15, -0.1) is 11.3 Å². The number of carbonyl (C=O) groups is 1. The molecule has 1 atom stereocenters. The lowest BCUT2D eigenvalue weighted by Crippen LogP contribution is -2.38. The standard InChI is InChI=1S/C20H21N3O2S/c1-25-15-11-18(26-13-15)20(24)23-10-6-5-9-17(23)19-21-12-16(22-19)14-7-3-2-4-8-14/h2-4,7-8,11-13,17H,5-6,9-10H2,1H3,(H,21,22). The monoisotopic (exact) mass is 367 g/mol. The van der Waals surface area contributed by atoms with E-state index in [0.29, 0.717) is 4.88 Å². The van der Waals surface area contributed by atoms with Gasteiger partial charge in [0.25, 0.3) is 5.91 Å². The van der Waals surface area contributed by atoms with E-state index in [1.165, 1.54) is 11.3 Å². The Kier molecular flexibility index (Phi) is 4.75. The molecule has 1 N–H and O–H groups in total. The number of hydrogen-bond acceptors (Lipinski definition) is 4. The van der Waals surface area contributed by atoms with Crippen LogP contribution in [0.25, 0.3) is 11.3 Å². The molecule has 3 aromatic rings. The fraction of sp³-hybridized carbons (Fsp3) is 0.300. The van der Waals surface area contributed by atoms with Crippen molar-refractivity contribution < 1.29 is 9.53 Å². The van der Waals surface area contributed by atoms with Gasteiger partial charge in [-0.3, -0.25) is 4.79 Å². The number of likely N-dealkylation sites (tertiary alicyclic amines) is 1. The second kappa shape index (κ2) is 7.33. The summed E-state index contributed by atoms with van der Waals surface area (Å²) in [5.41, 5.74) is 2.08. The molecule has 1 aromatic carbocycles. The highest BCUT2D eigenvalue weighted by molar-refractivity contribution is 7.12. The molecule has 0 saturated carbocycles. The van der Waals surface area contributed by atoms with E-state index < -0.39 is 0 Å². The van der Waals surface area contributed by atoms with Crippen LogP contribution in [0, 0.1) is 0 Å². The Morgan fingerprint density at radius 2 is 2.15 bits per heavy atom. The van der Waals surface area contributed by atoms with Crippen LogP contribution in [0.2, 0.25) is 0 Å². The summed E-state index contributed by atoms with van der Waals surface area (Å²) in [6.07, 6.45) is 4.91. The number of carbonyl (C=O) groups excluding carboxylic acids is 1. The van der Waals surface area contributed by atoms with E-state index in [1.54, 1.807) is 7.11 Å². The lowest BCUT2D eigenvalue weighted by atomic mass is 10.0. The van der Waals surface area contributed by atoms with Gasteiger partial charge in [0, 0.05) is 18.0 Å². The number of H-pyrrole nitrogens is 1. The highest BCUT2D eigenvalue weighted by atomic mass is 32.1. The fourth-order valence-electron chi connectivity index (χ4n) is 3.41. The smallest absolute Gasteiger partial charge is 0.264 e. The lowest BCUT2D eigenvalue weighted by Gasteiger charge is -2.34. The normalized spacial score (nSPS) is 17.3. The van der Waals surface area contributed by atoms with Gasteiger partial charge in [-0.2, -0.15) is 0 Å². The lowest BCUT2D eigenvalue weighted by molar-refractivity contribution is 0.0606. The molecule has 1 saturated heterocycles. The first kappa shape index (κ1) is 16.8. The van der Waals surface area contributed by atoms with Gasteiger partial charge in [-0.1, -0.05) is 30.3 Å². The number of piperidine rings is 1. The Labute approximate surface area is 156 Å². The van der Waals surface area contributed by atoms with E-state index >= 15 is 0 Å². The number of methoxy groups -OCH3 is 1. The Bertz CT molecular complexity index is 887. The zero-order valence-corrected chi connectivity index (χ0v) is 15.5. The number of thiophene rings is 1. The highest BCUT2D eigenvalue weighted by Crippen LogP contribution is 2.33. The summed E-state index contributed by atoms with van der Waals surface area (Å²) in [6.45, 7) is 0.755. The molecule has 1 aliphatic heterocycles. The van der Waals surface area contributed by atoms with Gasteiger partial charge in [0.15, 0.2) is 0 Å². The molecule has 1 unspecified atom stereocenters. The summed E-state index contributed by atoms with van der Waals surface area (Å²) in [5, 5.41) is 1.87. The first-order valence-electron chi connectivity index (χ1n) is 8.80. The molecule has 0 radical (unpaired) electrons. The number of aromatic nitrogens is 2. The minimum Gasteiger partial charge on any atom is -0.496 e. The molecule has 134 valence electrons. The van der Waals surface area contributed by atoms with E-state index in [2.05, 4.69) is 22.1 Å². The quantitative estimate of drug-likeness (QED) is 0.738. The molecule has 4 rings (SSSR count). The van der Waals surface area contributed by atoms with Gasteiger partial charge < -0.3 is 14.6 Å². The number of benzene rings is 1. The molecular formula is C20H21N3O2S. The average Bonchev–Trinajstić information content (AvgIpc) is 3.38. The van der Waals surface area contributed by atoms with Crippen molar-refractivity contribution in [3.05, 3.63) is 58.7 Å². The molecule has 0 aliphatic carbocycles. The molecule has 0 bridgehead atoms. The van der Waals surface area contributed by atoms with Crippen molar-refractivity contribution in [3.8, 4) is 17.0 Å². The summed E-state index contributed by atoms with van der Waals surface area (Å²) in [7, 11) is 1.62. The minimum atomic E-state index is -0.0122. The summed E-state index contributed by atoms with van der Waals surface area (Å²) < 4.78 is 5.22. The van der Waals surface area contributed by atoms with Crippen molar-refractivity contribution in [3.63, 3.8) is 0 Å². The van der Waals surface area contributed by atoms with Crippen molar-refractivity contribution in [2.45, 2.75) is 25.3 Å². The maximum atomic E-state index is 13.0. The third-order valence-corrected chi connectivity index (χ3v) is 5.68. The van der Waals surface area contributed by atoms with E-state index in [-0.39, 0.29) is 11.9 Å². The van der Waals surface area contributed by atoms with Crippen molar-refractivity contribution in [1.82, 2.24) is 14.9 Å². The van der Waals surface area contributed by atoms with Crippen LogP contribution in [0.5, 0.6) is 5.75 Å². The van der Waals surface area contributed by atoms with Crippen molar-refractivity contribution >= 4 is 17.2 Å². The first-order chi connectivity index (χ1) is 12.8. The maximum absolute atomic E-state index is 13.0. The van der Waals surface area contributed by atoms with Crippen LogP contribution in [0.3, 0.4) is 0 Å². The molecule has 6 heteroatoms. The number of amides is 1. The van der Waals surface area contributed by atoms with Gasteiger partial charge in [0.05, 0.1) is 29.9 Å². The highest BCUT2D eigenvalue weighted by Gasteiger charge is 2.31. The number of aromatic amines is 1. The number of imidazole rings is 1. The largest absolute Gasteiger partial charge is 0.496 e. The molecule has 1 fully saturated rings. The third-order valence-electron chi connectivity index (χ3n) is 4.78. The van der Waals surface area contributed by atoms with Crippen LogP contribution in [0.1, 0.15) is 40.8 Å². The van der Waals surface area contributed by atoms with Crippen LogP contribution in [0.15, 0.2) is 48.0 Å². The molecular weight excluding hydrogens is 346 g/mol. The van der Waals surface area contributed by atoms with Gasteiger partial charge in [-0.25, -0.2) is 4.98 Å². The molecule has 1 aliphatic rings. The molecule has 1 amide bonds. The van der Waals surface area contributed by atoms with Crippen LogP contribution < -0.4 is 4.74 Å². The maximum Gasteiger partial charge on any atom is 0.264 e. The summed E-state index contributed by atoms with van der Waals surface area (Å²) in [5.74, 6) is 1.65. The molecule has 5 nitrogen and oxygen atoms in total. The number of rotatable bonds is 4. The van der Waals surface area contributed by atoms with Crippen LogP contribution >= 0.6 is 11.3 Å². The van der Waals surface area contributed by atoms with Crippen LogP contribution in [-0.2, 0) is 0 Å². The Balaban J connectivity index is 1.60. The fourth-order valence-corrected chi connectivity index (χ4v) is 4.22. The summed E-state index contributed by atoms with van der Waals surface area (Å²) in [4.78, 5) is 23.7.